The van der Waals surface area contributed by atoms with E-state index < -0.39 is 28.1 Å². The molecular formula is C22H26N2O7S. The number of amides is 1. The van der Waals surface area contributed by atoms with Crippen molar-refractivity contribution in [2.24, 2.45) is 5.92 Å². The molecule has 9 nitrogen and oxygen atoms in total. The number of carbonyl (C=O) groups excluding carboxylic acids is 1. The molecule has 2 aromatic carbocycles. The van der Waals surface area contributed by atoms with E-state index in [2.05, 4.69) is 4.72 Å². The summed E-state index contributed by atoms with van der Waals surface area (Å²) >= 11 is 0. The van der Waals surface area contributed by atoms with Crippen LogP contribution < -0.4 is 9.46 Å². The zero-order valence-corrected chi connectivity index (χ0v) is 18.7. The van der Waals surface area contributed by atoms with Gasteiger partial charge < -0.3 is 19.5 Å². The van der Waals surface area contributed by atoms with Crippen molar-refractivity contribution in [2.75, 3.05) is 27.3 Å². The third-order valence-corrected chi connectivity index (χ3v) is 7.06. The van der Waals surface area contributed by atoms with Gasteiger partial charge in [-0.15, -0.1) is 0 Å². The average Bonchev–Trinajstić information content (AvgIpc) is 2.82. The highest BCUT2D eigenvalue weighted by Crippen LogP contribution is 2.26. The van der Waals surface area contributed by atoms with Gasteiger partial charge in [-0.25, -0.2) is 13.2 Å². The van der Waals surface area contributed by atoms with Crippen molar-refractivity contribution in [3.63, 3.8) is 0 Å². The summed E-state index contributed by atoms with van der Waals surface area (Å²) in [6, 6.07) is 12.6. The molecule has 1 saturated heterocycles. The van der Waals surface area contributed by atoms with E-state index >= 15 is 0 Å². The number of benzene rings is 2. The molecule has 3 rings (SSSR count). The standard InChI is InChI=1S/C22H26N2O7S/c1-30-18-7-3-15(4-8-18)16-5-9-19(10-6-16)32(28,29)23-20(21(25)31-2)17-11-13-24(14-12-17)22(26)27/h3-10,17,20,23H,11-14H2,1-2H3,(H,26,27). The fourth-order valence-electron chi connectivity index (χ4n) is 3.73. The first kappa shape index (κ1) is 23.6. The van der Waals surface area contributed by atoms with Crippen LogP contribution in [0.15, 0.2) is 53.4 Å². The molecule has 0 bridgehead atoms. The van der Waals surface area contributed by atoms with Crippen molar-refractivity contribution in [1.29, 1.82) is 0 Å². The minimum absolute atomic E-state index is 0.0200. The van der Waals surface area contributed by atoms with E-state index in [0.717, 1.165) is 16.9 Å². The normalized spacial score (nSPS) is 15.8. The summed E-state index contributed by atoms with van der Waals surface area (Å²) in [4.78, 5) is 24.7. The zero-order valence-electron chi connectivity index (χ0n) is 17.9. The number of likely N-dealkylation sites (tertiary alicyclic amines) is 1. The summed E-state index contributed by atoms with van der Waals surface area (Å²) in [6.45, 7) is 0.456. The molecule has 10 heteroatoms. The van der Waals surface area contributed by atoms with E-state index in [1.54, 1.807) is 19.2 Å². The van der Waals surface area contributed by atoms with Gasteiger partial charge in [0.15, 0.2) is 0 Å². The van der Waals surface area contributed by atoms with E-state index in [1.165, 1.54) is 24.1 Å². The zero-order chi connectivity index (χ0) is 23.3. The monoisotopic (exact) mass is 462 g/mol. The molecule has 2 aromatic rings. The number of ether oxygens (including phenoxy) is 2. The molecular weight excluding hydrogens is 436 g/mol. The second kappa shape index (κ2) is 10.0. The maximum absolute atomic E-state index is 13.0. The van der Waals surface area contributed by atoms with E-state index in [9.17, 15) is 18.0 Å². The lowest BCUT2D eigenvalue weighted by atomic mass is 9.90. The molecule has 1 fully saturated rings. The van der Waals surface area contributed by atoms with Crippen LogP contribution in [0.5, 0.6) is 5.75 Å². The lowest BCUT2D eigenvalue weighted by Gasteiger charge is -2.33. The number of sulfonamides is 1. The van der Waals surface area contributed by atoms with Gasteiger partial charge >= 0.3 is 12.1 Å². The van der Waals surface area contributed by atoms with Crippen LogP contribution in [0, 0.1) is 5.92 Å². The largest absolute Gasteiger partial charge is 0.497 e. The number of methoxy groups -OCH3 is 2. The highest BCUT2D eigenvalue weighted by molar-refractivity contribution is 7.89. The Labute approximate surface area is 187 Å². The van der Waals surface area contributed by atoms with Gasteiger partial charge in [0.05, 0.1) is 19.1 Å². The summed E-state index contributed by atoms with van der Waals surface area (Å²) < 4.78 is 38.4. The number of piperidine rings is 1. The van der Waals surface area contributed by atoms with Gasteiger partial charge in [0, 0.05) is 13.1 Å². The van der Waals surface area contributed by atoms with Gasteiger partial charge in [-0.3, -0.25) is 4.79 Å². The van der Waals surface area contributed by atoms with E-state index in [4.69, 9.17) is 14.6 Å². The number of nitrogens with zero attached hydrogens (tertiary/aromatic N) is 1. The smallest absolute Gasteiger partial charge is 0.407 e. The molecule has 0 spiro atoms. The number of rotatable bonds is 7. The van der Waals surface area contributed by atoms with Crippen LogP contribution in [0.1, 0.15) is 12.8 Å². The third kappa shape index (κ3) is 5.38. The Morgan fingerprint density at radius 2 is 1.53 bits per heavy atom. The number of hydrogen-bond donors (Lipinski definition) is 2. The molecule has 1 aliphatic heterocycles. The van der Waals surface area contributed by atoms with Crippen LogP contribution in [0.25, 0.3) is 11.1 Å². The van der Waals surface area contributed by atoms with Crippen LogP contribution in [0.2, 0.25) is 0 Å². The Balaban J connectivity index is 1.76. The van der Waals surface area contributed by atoms with E-state index in [0.29, 0.717) is 12.8 Å². The Morgan fingerprint density at radius 3 is 2.00 bits per heavy atom. The number of carbonyl (C=O) groups is 2. The fraction of sp³-hybridized carbons (Fsp3) is 0.364. The van der Waals surface area contributed by atoms with Crippen molar-refractivity contribution in [3.05, 3.63) is 48.5 Å². The van der Waals surface area contributed by atoms with Crippen LogP contribution >= 0.6 is 0 Å². The maximum Gasteiger partial charge on any atom is 0.407 e. The second-order valence-electron chi connectivity index (χ2n) is 7.48. The average molecular weight is 463 g/mol. The number of nitrogens with one attached hydrogen (secondary N) is 1. The van der Waals surface area contributed by atoms with Gasteiger partial charge in [0.2, 0.25) is 10.0 Å². The molecule has 32 heavy (non-hydrogen) atoms. The summed E-state index contributed by atoms with van der Waals surface area (Å²) in [6.07, 6.45) is -0.327. The fourth-order valence-corrected chi connectivity index (χ4v) is 4.99. The van der Waals surface area contributed by atoms with Crippen molar-refractivity contribution in [1.82, 2.24) is 9.62 Å². The summed E-state index contributed by atoms with van der Waals surface area (Å²) in [5, 5.41) is 9.10. The van der Waals surface area contributed by atoms with Crippen molar-refractivity contribution < 1.29 is 32.6 Å². The van der Waals surface area contributed by atoms with E-state index in [-0.39, 0.29) is 23.9 Å². The number of hydrogen-bond acceptors (Lipinski definition) is 6. The molecule has 1 atom stereocenters. The van der Waals surface area contributed by atoms with Crippen molar-refractivity contribution >= 4 is 22.1 Å². The number of carboxylic acid groups (broad SMARTS) is 1. The molecule has 1 unspecified atom stereocenters. The molecule has 1 aliphatic rings. The Hall–Kier alpha value is -3.11. The quantitative estimate of drug-likeness (QED) is 0.607. The first-order valence-corrected chi connectivity index (χ1v) is 11.6. The second-order valence-corrected chi connectivity index (χ2v) is 9.20. The lowest BCUT2D eigenvalue weighted by molar-refractivity contribution is -0.144. The summed E-state index contributed by atoms with van der Waals surface area (Å²) in [5.74, 6) is -0.344. The minimum atomic E-state index is -4.00. The molecule has 2 N–H and O–H groups in total. The minimum Gasteiger partial charge on any atom is -0.497 e. The van der Waals surface area contributed by atoms with Crippen molar-refractivity contribution in [3.8, 4) is 16.9 Å². The van der Waals surface area contributed by atoms with Gasteiger partial charge in [-0.1, -0.05) is 24.3 Å². The Bertz CT molecular complexity index is 1040. The van der Waals surface area contributed by atoms with Crippen LogP contribution in [0.4, 0.5) is 4.79 Å². The van der Waals surface area contributed by atoms with Gasteiger partial charge in [-0.05, 0) is 54.2 Å². The lowest BCUT2D eigenvalue weighted by Crippen LogP contribution is -2.50. The maximum atomic E-state index is 13.0. The Kier molecular flexibility index (Phi) is 7.37. The molecule has 0 radical (unpaired) electrons. The molecule has 0 aromatic heterocycles. The number of esters is 1. The molecule has 1 heterocycles. The van der Waals surface area contributed by atoms with Crippen LogP contribution in [0.3, 0.4) is 0 Å². The first-order valence-electron chi connectivity index (χ1n) is 10.1. The van der Waals surface area contributed by atoms with Gasteiger partial charge in [-0.2, -0.15) is 4.72 Å². The Morgan fingerprint density at radius 1 is 1.00 bits per heavy atom. The third-order valence-electron chi connectivity index (χ3n) is 5.61. The van der Waals surface area contributed by atoms with Crippen molar-refractivity contribution in [2.45, 2.75) is 23.8 Å². The van der Waals surface area contributed by atoms with E-state index in [1.807, 2.05) is 24.3 Å². The topological polar surface area (TPSA) is 122 Å². The predicted molar refractivity (Wildman–Crippen MR) is 117 cm³/mol. The first-order chi connectivity index (χ1) is 15.2. The molecule has 172 valence electrons. The highest BCUT2D eigenvalue weighted by atomic mass is 32.2. The molecule has 0 saturated carbocycles. The van der Waals surface area contributed by atoms with Gasteiger partial charge in [0.25, 0.3) is 0 Å². The van der Waals surface area contributed by atoms with Crippen LogP contribution in [-0.4, -0.2) is 63.8 Å². The summed E-state index contributed by atoms with van der Waals surface area (Å²) in [5.41, 5.74) is 1.73. The van der Waals surface area contributed by atoms with Crippen LogP contribution in [-0.2, 0) is 19.6 Å². The summed E-state index contributed by atoms with van der Waals surface area (Å²) in [7, 11) is -1.23. The van der Waals surface area contributed by atoms with Gasteiger partial charge in [0.1, 0.15) is 11.8 Å². The molecule has 0 aliphatic carbocycles. The highest BCUT2D eigenvalue weighted by Gasteiger charge is 2.36. The SMILES string of the molecule is COC(=O)C(NS(=O)(=O)c1ccc(-c2ccc(OC)cc2)cc1)C1CCN(C(=O)O)CC1. The molecule has 1 amide bonds. The predicted octanol–water partition coefficient (Wildman–Crippen LogP) is 2.57.